The van der Waals surface area contributed by atoms with E-state index in [0.717, 1.165) is 24.3 Å². The fraction of sp³-hybridized carbons (Fsp3) is 0.455. The van der Waals surface area contributed by atoms with Crippen LogP contribution >= 0.6 is 0 Å². The molecule has 1 aliphatic rings. The highest BCUT2D eigenvalue weighted by molar-refractivity contribution is 6.35. The number of carbonyl (C=O) groups is 2. The van der Waals surface area contributed by atoms with Crippen LogP contribution in [0.3, 0.4) is 0 Å². The Morgan fingerprint density at radius 1 is 0.929 bits per heavy atom. The number of aryl methyl sites for hydroxylation is 1. The third-order valence-corrected chi connectivity index (χ3v) is 5.36. The van der Waals surface area contributed by atoms with Gasteiger partial charge in [0.05, 0.1) is 6.04 Å². The number of hydrogen-bond donors (Lipinski definition) is 2. The molecule has 0 radical (unpaired) electrons. The van der Waals surface area contributed by atoms with Crippen molar-refractivity contribution >= 4 is 11.8 Å². The van der Waals surface area contributed by atoms with Crippen molar-refractivity contribution < 1.29 is 9.59 Å². The quantitative estimate of drug-likeness (QED) is 0.754. The first-order chi connectivity index (χ1) is 13.6. The van der Waals surface area contributed by atoms with Crippen molar-refractivity contribution in [2.45, 2.75) is 38.3 Å². The number of hydrogen-bond acceptors (Lipinski definition) is 3. The van der Waals surface area contributed by atoms with Gasteiger partial charge in [-0.15, -0.1) is 0 Å². The summed E-state index contributed by atoms with van der Waals surface area (Å²) in [5.74, 6) is -1.17. The summed E-state index contributed by atoms with van der Waals surface area (Å²) in [7, 11) is 2.02. The number of rotatable bonds is 6. The van der Waals surface area contributed by atoms with Crippen molar-refractivity contribution in [1.29, 1.82) is 0 Å². The van der Waals surface area contributed by atoms with E-state index >= 15 is 0 Å². The van der Waals surface area contributed by atoms with E-state index in [2.05, 4.69) is 26.2 Å². The molecule has 28 heavy (non-hydrogen) atoms. The molecule has 1 fully saturated rings. The summed E-state index contributed by atoms with van der Waals surface area (Å²) in [6.07, 6.45) is 6.88. The number of likely N-dealkylation sites (tertiary alicyclic amines) is 1. The molecule has 3 rings (SSSR count). The largest absolute Gasteiger partial charge is 0.353 e. The number of aromatic nitrogens is 1. The van der Waals surface area contributed by atoms with E-state index in [0.29, 0.717) is 13.1 Å². The fourth-order valence-electron chi connectivity index (χ4n) is 3.78. The van der Waals surface area contributed by atoms with Gasteiger partial charge in [-0.25, -0.2) is 0 Å². The third-order valence-electron chi connectivity index (χ3n) is 5.36. The van der Waals surface area contributed by atoms with Crippen molar-refractivity contribution in [2.75, 3.05) is 19.6 Å². The molecule has 6 heteroatoms. The van der Waals surface area contributed by atoms with Gasteiger partial charge >= 0.3 is 11.8 Å². The van der Waals surface area contributed by atoms with Gasteiger partial charge in [0.25, 0.3) is 0 Å². The Morgan fingerprint density at radius 3 is 2.25 bits per heavy atom. The molecule has 1 saturated heterocycles. The van der Waals surface area contributed by atoms with Crippen molar-refractivity contribution in [3.8, 4) is 0 Å². The Kier molecular flexibility index (Phi) is 7.25. The van der Waals surface area contributed by atoms with Crippen LogP contribution in [0.1, 0.15) is 43.0 Å². The average Bonchev–Trinajstić information content (AvgIpc) is 2.96. The molecular formula is C22H30N4O2. The first kappa shape index (κ1) is 20.1. The van der Waals surface area contributed by atoms with Gasteiger partial charge in [-0.05, 0) is 43.6 Å². The lowest BCUT2D eigenvalue weighted by molar-refractivity contribution is -0.139. The maximum atomic E-state index is 12.3. The maximum absolute atomic E-state index is 12.3. The molecule has 2 N–H and O–H groups in total. The Balaban J connectivity index is 1.58. The molecule has 2 amide bonds. The van der Waals surface area contributed by atoms with Gasteiger partial charge in [0.2, 0.25) is 0 Å². The summed E-state index contributed by atoms with van der Waals surface area (Å²) in [6.45, 7) is 2.81. The average molecular weight is 383 g/mol. The number of nitrogens with one attached hydrogen (secondary N) is 2. The first-order valence-electron chi connectivity index (χ1n) is 10.1. The van der Waals surface area contributed by atoms with Crippen molar-refractivity contribution in [2.24, 2.45) is 7.05 Å². The van der Waals surface area contributed by atoms with E-state index in [1.165, 1.54) is 25.7 Å². The van der Waals surface area contributed by atoms with Gasteiger partial charge in [0, 0.05) is 32.0 Å². The van der Waals surface area contributed by atoms with Crippen LogP contribution in [0.15, 0.2) is 48.7 Å². The van der Waals surface area contributed by atoms with Crippen LogP contribution in [0.2, 0.25) is 0 Å². The summed E-state index contributed by atoms with van der Waals surface area (Å²) in [5.41, 5.74) is 2.13. The van der Waals surface area contributed by atoms with Crippen LogP contribution in [-0.4, -0.2) is 40.9 Å². The normalized spacial score (nSPS) is 16.2. The predicted octanol–water partition coefficient (Wildman–Crippen LogP) is 2.37. The molecule has 150 valence electrons. The van der Waals surface area contributed by atoms with Gasteiger partial charge in [0.1, 0.15) is 0 Å². The molecule has 0 spiro atoms. The van der Waals surface area contributed by atoms with Crippen LogP contribution in [0, 0.1) is 0 Å². The lowest BCUT2D eigenvalue weighted by Gasteiger charge is -2.31. The lowest BCUT2D eigenvalue weighted by Crippen LogP contribution is -2.44. The van der Waals surface area contributed by atoms with Crippen LogP contribution in [0.25, 0.3) is 0 Å². The summed E-state index contributed by atoms with van der Waals surface area (Å²) in [6, 6.07) is 13.8. The fourth-order valence-corrected chi connectivity index (χ4v) is 3.78. The molecule has 6 nitrogen and oxygen atoms in total. The van der Waals surface area contributed by atoms with Crippen molar-refractivity contribution in [3.63, 3.8) is 0 Å². The second kappa shape index (κ2) is 10.1. The molecule has 1 aliphatic heterocycles. The van der Waals surface area contributed by atoms with E-state index < -0.39 is 11.8 Å². The lowest BCUT2D eigenvalue weighted by atomic mass is 10.1. The van der Waals surface area contributed by atoms with Crippen LogP contribution in [0.4, 0.5) is 0 Å². The topological polar surface area (TPSA) is 66.4 Å². The van der Waals surface area contributed by atoms with Gasteiger partial charge in [-0.3, -0.25) is 14.5 Å². The number of nitrogens with zero attached hydrogens (tertiary/aromatic N) is 2. The molecule has 0 bridgehead atoms. The number of carbonyl (C=O) groups excluding carboxylic acids is 2. The number of benzene rings is 1. The Hall–Kier alpha value is -2.60. The summed E-state index contributed by atoms with van der Waals surface area (Å²) in [5, 5.41) is 5.53. The van der Waals surface area contributed by atoms with Crippen molar-refractivity contribution in [3.05, 3.63) is 59.9 Å². The van der Waals surface area contributed by atoms with E-state index in [1.807, 2.05) is 49.6 Å². The highest BCUT2D eigenvalue weighted by atomic mass is 16.2. The van der Waals surface area contributed by atoms with E-state index in [4.69, 9.17) is 0 Å². The molecule has 2 heterocycles. The minimum absolute atomic E-state index is 0.0731. The molecule has 0 aliphatic carbocycles. The van der Waals surface area contributed by atoms with Gasteiger partial charge < -0.3 is 15.2 Å². The molecule has 0 unspecified atom stereocenters. The monoisotopic (exact) mass is 382 g/mol. The predicted molar refractivity (Wildman–Crippen MR) is 109 cm³/mol. The zero-order valence-electron chi connectivity index (χ0n) is 16.6. The van der Waals surface area contributed by atoms with Gasteiger partial charge in [-0.1, -0.05) is 43.2 Å². The third kappa shape index (κ3) is 5.45. The molecule has 2 aromatic rings. The molecular weight excluding hydrogens is 352 g/mol. The second-order valence-electron chi connectivity index (χ2n) is 7.39. The SMILES string of the molecule is Cn1cccc1[C@H](CNC(=O)C(=O)NCc1ccccc1)N1CCCCCC1. The van der Waals surface area contributed by atoms with Crippen LogP contribution in [0.5, 0.6) is 0 Å². The van der Waals surface area contributed by atoms with Gasteiger partial charge in [0.15, 0.2) is 0 Å². The molecule has 1 aromatic carbocycles. The standard InChI is InChI=1S/C22H30N4O2/c1-25-13-9-12-19(25)20(26-14-7-2-3-8-15-26)17-24-22(28)21(27)23-16-18-10-5-4-6-11-18/h4-6,9-13,20H,2-3,7-8,14-17H2,1H3,(H,23,27)(H,24,28)/t20-/m0/s1. The first-order valence-corrected chi connectivity index (χ1v) is 10.1. The Labute approximate surface area is 166 Å². The minimum Gasteiger partial charge on any atom is -0.353 e. The summed E-state index contributed by atoms with van der Waals surface area (Å²) < 4.78 is 2.09. The van der Waals surface area contributed by atoms with Gasteiger partial charge in [-0.2, -0.15) is 0 Å². The zero-order chi connectivity index (χ0) is 19.8. The highest BCUT2D eigenvalue weighted by Gasteiger charge is 2.25. The summed E-state index contributed by atoms with van der Waals surface area (Å²) in [4.78, 5) is 26.9. The Morgan fingerprint density at radius 2 is 1.61 bits per heavy atom. The molecule has 0 saturated carbocycles. The maximum Gasteiger partial charge on any atom is 0.309 e. The molecule has 1 aromatic heterocycles. The minimum atomic E-state index is -0.592. The van der Waals surface area contributed by atoms with Crippen molar-refractivity contribution in [1.82, 2.24) is 20.1 Å². The van der Waals surface area contributed by atoms with Crippen LogP contribution < -0.4 is 10.6 Å². The zero-order valence-corrected chi connectivity index (χ0v) is 16.6. The van der Waals surface area contributed by atoms with E-state index in [-0.39, 0.29) is 6.04 Å². The summed E-state index contributed by atoms with van der Waals surface area (Å²) >= 11 is 0. The smallest absolute Gasteiger partial charge is 0.309 e. The number of amides is 2. The second-order valence-corrected chi connectivity index (χ2v) is 7.39. The van der Waals surface area contributed by atoms with Crippen LogP contribution in [-0.2, 0) is 23.2 Å². The van der Waals surface area contributed by atoms with E-state index in [1.54, 1.807) is 0 Å². The highest BCUT2D eigenvalue weighted by Crippen LogP contribution is 2.23. The Bertz CT molecular complexity index is 764. The van der Waals surface area contributed by atoms with E-state index in [9.17, 15) is 9.59 Å². The molecule has 1 atom stereocenters.